The average molecular weight is 228 g/mol. The van der Waals surface area contributed by atoms with E-state index in [0.717, 1.165) is 18.2 Å². The number of hydrogen-bond acceptors (Lipinski definition) is 2. The average Bonchev–Trinajstić information content (AvgIpc) is 2.22. The second-order valence-electron chi connectivity index (χ2n) is 3.14. The van der Waals surface area contributed by atoms with Crippen molar-refractivity contribution in [3.63, 3.8) is 0 Å². The predicted octanol–water partition coefficient (Wildman–Crippen LogP) is 2.46. The minimum atomic E-state index is -1.18. The topological polar surface area (TPSA) is 46.5 Å². The van der Waals surface area contributed by atoms with Crippen LogP contribution in [0.5, 0.6) is 5.75 Å². The molecule has 1 aromatic rings. The molecular weight excluding hydrogens is 218 g/mol. The quantitative estimate of drug-likeness (QED) is 0.808. The third kappa shape index (κ3) is 2.56. The fraction of sp³-hybridized carbons (Fsp3) is 0.182. The van der Waals surface area contributed by atoms with Crippen LogP contribution in [-0.2, 0) is 4.79 Å². The molecule has 0 aliphatic heterocycles. The predicted molar refractivity (Wildman–Crippen MR) is 54.2 cm³/mol. The van der Waals surface area contributed by atoms with Crippen molar-refractivity contribution in [2.75, 3.05) is 7.11 Å². The van der Waals surface area contributed by atoms with Crippen molar-refractivity contribution in [1.82, 2.24) is 0 Å². The van der Waals surface area contributed by atoms with E-state index < -0.39 is 17.6 Å². The summed E-state index contributed by atoms with van der Waals surface area (Å²) in [7, 11) is 1.22. The van der Waals surface area contributed by atoms with Crippen molar-refractivity contribution >= 4 is 12.0 Å². The largest absolute Gasteiger partial charge is 0.494 e. The lowest BCUT2D eigenvalue weighted by Gasteiger charge is -2.04. The molecule has 0 spiro atoms. The molecule has 0 fully saturated rings. The van der Waals surface area contributed by atoms with Gasteiger partial charge in [-0.2, -0.15) is 0 Å². The third-order valence-corrected chi connectivity index (χ3v) is 1.98. The molecule has 16 heavy (non-hydrogen) atoms. The molecule has 3 nitrogen and oxygen atoms in total. The Morgan fingerprint density at radius 1 is 1.38 bits per heavy atom. The standard InChI is InChI=1S/C11H10F2O3/c1-6(11(14)15)3-7-4-9(13)10(16-2)5-8(7)12/h3-5H,1-2H3,(H,14,15)/b6-3+. The van der Waals surface area contributed by atoms with Crippen LogP contribution in [0.25, 0.3) is 6.08 Å². The first kappa shape index (κ1) is 12.2. The molecule has 0 unspecified atom stereocenters. The van der Waals surface area contributed by atoms with E-state index in [1.165, 1.54) is 14.0 Å². The van der Waals surface area contributed by atoms with Crippen molar-refractivity contribution in [2.24, 2.45) is 0 Å². The van der Waals surface area contributed by atoms with Gasteiger partial charge in [-0.1, -0.05) is 0 Å². The van der Waals surface area contributed by atoms with E-state index in [0.29, 0.717) is 0 Å². The number of ether oxygens (including phenoxy) is 1. The number of benzene rings is 1. The number of rotatable bonds is 3. The summed E-state index contributed by atoms with van der Waals surface area (Å²) in [5.74, 6) is -2.88. The molecule has 0 saturated heterocycles. The van der Waals surface area contributed by atoms with Gasteiger partial charge in [-0.15, -0.1) is 0 Å². The lowest BCUT2D eigenvalue weighted by molar-refractivity contribution is -0.132. The lowest BCUT2D eigenvalue weighted by atomic mass is 10.1. The fourth-order valence-electron chi connectivity index (χ4n) is 1.11. The van der Waals surface area contributed by atoms with Crippen molar-refractivity contribution < 1.29 is 23.4 Å². The molecule has 0 amide bonds. The van der Waals surface area contributed by atoms with Crippen LogP contribution in [-0.4, -0.2) is 18.2 Å². The summed E-state index contributed by atoms with van der Waals surface area (Å²) in [6.45, 7) is 1.30. The van der Waals surface area contributed by atoms with Gasteiger partial charge in [0, 0.05) is 17.2 Å². The van der Waals surface area contributed by atoms with Gasteiger partial charge in [-0.3, -0.25) is 0 Å². The Bertz CT molecular complexity index is 453. The van der Waals surface area contributed by atoms with Crippen LogP contribution in [0.1, 0.15) is 12.5 Å². The Morgan fingerprint density at radius 3 is 2.50 bits per heavy atom. The van der Waals surface area contributed by atoms with E-state index in [4.69, 9.17) is 5.11 Å². The first-order valence-electron chi connectivity index (χ1n) is 4.40. The highest BCUT2D eigenvalue weighted by Crippen LogP contribution is 2.22. The van der Waals surface area contributed by atoms with Crippen LogP contribution in [0.15, 0.2) is 17.7 Å². The summed E-state index contributed by atoms with van der Waals surface area (Å²) in [5, 5.41) is 8.60. The number of halogens is 2. The van der Waals surface area contributed by atoms with Crippen molar-refractivity contribution in [1.29, 1.82) is 0 Å². The van der Waals surface area contributed by atoms with E-state index in [1.54, 1.807) is 0 Å². The van der Waals surface area contributed by atoms with Gasteiger partial charge in [0.05, 0.1) is 7.11 Å². The second-order valence-corrected chi connectivity index (χ2v) is 3.14. The number of hydrogen-bond donors (Lipinski definition) is 1. The SMILES string of the molecule is COc1cc(F)c(/C=C(\C)C(=O)O)cc1F. The van der Waals surface area contributed by atoms with Crippen LogP contribution in [0.2, 0.25) is 0 Å². The highest BCUT2D eigenvalue weighted by Gasteiger charge is 2.10. The molecule has 5 heteroatoms. The Balaban J connectivity index is 3.21. The summed E-state index contributed by atoms with van der Waals surface area (Å²) in [4.78, 5) is 10.5. The first-order valence-corrected chi connectivity index (χ1v) is 4.40. The van der Waals surface area contributed by atoms with E-state index >= 15 is 0 Å². The minimum Gasteiger partial charge on any atom is -0.494 e. The zero-order valence-electron chi connectivity index (χ0n) is 8.75. The summed E-state index contributed by atoms with van der Waals surface area (Å²) in [6, 6.07) is 1.76. The molecule has 0 heterocycles. The van der Waals surface area contributed by atoms with Crippen molar-refractivity contribution in [3.8, 4) is 5.75 Å². The number of carboxylic acids is 1. The zero-order chi connectivity index (χ0) is 12.3. The van der Waals surface area contributed by atoms with Crippen molar-refractivity contribution in [2.45, 2.75) is 6.92 Å². The lowest BCUT2D eigenvalue weighted by Crippen LogP contribution is -1.97. The smallest absolute Gasteiger partial charge is 0.331 e. The minimum absolute atomic E-state index is 0.0801. The van der Waals surface area contributed by atoms with E-state index in [-0.39, 0.29) is 16.9 Å². The maximum atomic E-state index is 13.4. The molecule has 1 aromatic carbocycles. The number of carboxylic acid groups (broad SMARTS) is 1. The van der Waals surface area contributed by atoms with Crippen LogP contribution < -0.4 is 4.74 Å². The van der Waals surface area contributed by atoms with E-state index in [2.05, 4.69) is 4.74 Å². The molecule has 0 radical (unpaired) electrons. The Kier molecular flexibility index (Phi) is 3.60. The van der Waals surface area contributed by atoms with Crippen LogP contribution >= 0.6 is 0 Å². The van der Waals surface area contributed by atoms with Gasteiger partial charge in [-0.05, 0) is 19.1 Å². The second kappa shape index (κ2) is 4.74. The van der Waals surface area contributed by atoms with Crippen LogP contribution in [0.4, 0.5) is 8.78 Å². The highest BCUT2D eigenvalue weighted by molar-refractivity contribution is 5.91. The molecule has 1 rings (SSSR count). The first-order chi connectivity index (χ1) is 7.45. The molecule has 0 aliphatic rings. The summed E-state index contributed by atoms with van der Waals surface area (Å²) < 4.78 is 31.2. The van der Waals surface area contributed by atoms with Gasteiger partial charge >= 0.3 is 5.97 Å². The summed E-state index contributed by atoms with van der Waals surface area (Å²) in [5.41, 5.74) is -0.207. The van der Waals surface area contributed by atoms with Crippen LogP contribution in [0.3, 0.4) is 0 Å². The molecule has 0 aliphatic carbocycles. The molecular formula is C11H10F2O3. The van der Waals surface area contributed by atoms with Gasteiger partial charge < -0.3 is 9.84 Å². The van der Waals surface area contributed by atoms with Gasteiger partial charge in [0.15, 0.2) is 11.6 Å². The summed E-state index contributed by atoms with van der Waals surface area (Å²) in [6.07, 6.45) is 1.06. The highest BCUT2D eigenvalue weighted by atomic mass is 19.1. The third-order valence-electron chi connectivity index (χ3n) is 1.98. The Morgan fingerprint density at radius 2 is 2.00 bits per heavy atom. The Hall–Kier alpha value is -1.91. The van der Waals surface area contributed by atoms with Gasteiger partial charge in [0.25, 0.3) is 0 Å². The molecule has 0 bridgehead atoms. The van der Waals surface area contributed by atoms with Gasteiger partial charge in [-0.25, -0.2) is 13.6 Å². The van der Waals surface area contributed by atoms with Gasteiger partial charge in [0.2, 0.25) is 0 Å². The molecule has 0 atom stereocenters. The fourth-order valence-corrected chi connectivity index (χ4v) is 1.11. The van der Waals surface area contributed by atoms with E-state index in [1.807, 2.05) is 0 Å². The van der Waals surface area contributed by atoms with Crippen molar-refractivity contribution in [3.05, 3.63) is 34.9 Å². The number of aliphatic carboxylic acids is 1. The maximum Gasteiger partial charge on any atom is 0.331 e. The van der Waals surface area contributed by atoms with Crippen LogP contribution in [0, 0.1) is 11.6 Å². The maximum absolute atomic E-state index is 13.4. The number of methoxy groups -OCH3 is 1. The normalized spacial score (nSPS) is 11.4. The molecule has 0 aromatic heterocycles. The molecule has 86 valence electrons. The Labute approximate surface area is 91.0 Å². The summed E-state index contributed by atoms with van der Waals surface area (Å²) >= 11 is 0. The van der Waals surface area contributed by atoms with E-state index in [9.17, 15) is 13.6 Å². The van der Waals surface area contributed by atoms with Gasteiger partial charge in [0.1, 0.15) is 5.82 Å². The molecule has 1 N–H and O–H groups in total. The zero-order valence-corrected chi connectivity index (χ0v) is 8.75. The molecule has 0 saturated carbocycles. The monoisotopic (exact) mass is 228 g/mol. The number of carbonyl (C=O) groups is 1.